The van der Waals surface area contributed by atoms with Gasteiger partial charge in [0, 0.05) is 16.6 Å². The number of thiazole rings is 1. The largest absolute Gasteiger partial charge is 0.409 e. The van der Waals surface area contributed by atoms with Gasteiger partial charge in [0.05, 0.1) is 0 Å². The normalized spacial score (nSPS) is 10.7. The second-order valence-corrected chi connectivity index (χ2v) is 6.61. The zero-order chi connectivity index (χ0) is 16.4. The lowest BCUT2D eigenvalue weighted by Gasteiger charge is -2.00. The van der Waals surface area contributed by atoms with E-state index >= 15 is 0 Å². The lowest BCUT2D eigenvalue weighted by Crippen LogP contribution is -2.19. The van der Waals surface area contributed by atoms with Crippen molar-refractivity contribution in [1.82, 2.24) is 14.8 Å². The Hall–Kier alpha value is -2.32. The molecule has 0 atom stereocenters. The minimum Gasteiger partial charge on any atom is -0.409 e. The predicted molar refractivity (Wildman–Crippen MR) is 91.0 cm³/mol. The summed E-state index contributed by atoms with van der Waals surface area (Å²) in [5, 5.41) is 7.54. The number of hydrogen-bond donors (Lipinski definition) is 1. The van der Waals surface area contributed by atoms with Crippen LogP contribution < -0.4 is 5.32 Å². The number of rotatable bonds is 4. The summed E-state index contributed by atoms with van der Waals surface area (Å²) in [5.74, 6) is 0.145. The van der Waals surface area contributed by atoms with Gasteiger partial charge < -0.3 is 9.73 Å². The molecule has 23 heavy (non-hydrogen) atoms. The molecule has 0 unspecified atom stereocenters. The fraction of sp³-hybridized carbons (Fsp3) is 0.200. The van der Waals surface area contributed by atoms with Gasteiger partial charge in [-0.1, -0.05) is 17.7 Å². The van der Waals surface area contributed by atoms with E-state index in [1.54, 1.807) is 6.20 Å². The van der Waals surface area contributed by atoms with Crippen LogP contribution in [0.5, 0.6) is 0 Å². The van der Waals surface area contributed by atoms with E-state index in [0.717, 1.165) is 16.0 Å². The highest BCUT2D eigenvalue weighted by Gasteiger charge is 2.12. The molecule has 1 amide bonds. The Kier molecular flexibility index (Phi) is 4.35. The summed E-state index contributed by atoms with van der Waals surface area (Å²) < 4.78 is 6.83. The van der Waals surface area contributed by atoms with E-state index in [1.807, 2.05) is 38.1 Å². The molecule has 2 aromatic heterocycles. The predicted octanol–water partition coefficient (Wildman–Crippen LogP) is 3.58. The molecule has 3 rings (SSSR count). The number of amides is 1. The quantitative estimate of drug-likeness (QED) is 0.731. The minimum atomic E-state index is -0.251. The molecular formula is C15H14N4O2S2. The molecule has 0 radical (unpaired) electrons. The molecule has 0 aliphatic rings. The number of benzene rings is 1. The van der Waals surface area contributed by atoms with Gasteiger partial charge in [-0.25, -0.2) is 9.67 Å². The van der Waals surface area contributed by atoms with Crippen LogP contribution >= 0.6 is 23.6 Å². The molecule has 0 aliphatic heterocycles. The number of aromatic nitrogens is 3. The van der Waals surface area contributed by atoms with Crippen LogP contribution in [0, 0.1) is 18.7 Å². The van der Waals surface area contributed by atoms with Crippen LogP contribution in [0.2, 0.25) is 0 Å². The average molecular weight is 346 g/mol. The van der Waals surface area contributed by atoms with Crippen LogP contribution in [0.1, 0.15) is 10.4 Å². The first-order valence-electron chi connectivity index (χ1n) is 6.88. The molecule has 1 aromatic carbocycles. The van der Waals surface area contributed by atoms with Gasteiger partial charge in [0.25, 0.3) is 4.84 Å². The Bertz CT molecular complexity index is 893. The van der Waals surface area contributed by atoms with Gasteiger partial charge in [-0.05, 0) is 38.2 Å². The van der Waals surface area contributed by atoms with Crippen LogP contribution in [0.25, 0.3) is 11.5 Å². The number of hydrogen-bond acceptors (Lipinski definition) is 6. The molecular weight excluding hydrogens is 332 g/mol. The van der Waals surface area contributed by atoms with Crippen LogP contribution in [-0.2, 0) is 11.3 Å². The molecule has 6 nitrogen and oxygen atoms in total. The monoisotopic (exact) mass is 346 g/mol. The SMILES string of the molecule is Cc1ccc(-c2nn(CC(=O)Nc3ncc(C)s3)c(=S)o2)cc1. The Balaban J connectivity index is 1.74. The molecule has 118 valence electrons. The molecule has 1 N–H and O–H groups in total. The molecule has 0 aliphatic carbocycles. The number of anilines is 1. The highest BCUT2D eigenvalue weighted by atomic mass is 32.1. The average Bonchev–Trinajstić information content (AvgIpc) is 3.06. The third kappa shape index (κ3) is 3.72. The van der Waals surface area contributed by atoms with E-state index in [2.05, 4.69) is 15.4 Å². The van der Waals surface area contributed by atoms with E-state index < -0.39 is 0 Å². The second kappa shape index (κ2) is 6.43. The standard InChI is InChI=1S/C15H14N4O2S2/c1-9-3-5-11(6-4-9)13-18-19(15(22)21-13)8-12(20)17-14-16-7-10(2)23-14/h3-7H,8H2,1-2H3,(H,16,17,20). The third-order valence-electron chi connectivity index (χ3n) is 3.07. The molecule has 3 aromatic rings. The first kappa shape index (κ1) is 15.6. The molecule has 8 heteroatoms. The summed E-state index contributed by atoms with van der Waals surface area (Å²) in [5.41, 5.74) is 1.96. The van der Waals surface area contributed by atoms with Gasteiger partial charge in [0.15, 0.2) is 5.13 Å². The number of aryl methyl sites for hydroxylation is 2. The Labute approximate surface area is 141 Å². The van der Waals surface area contributed by atoms with Crippen LogP contribution in [0.4, 0.5) is 5.13 Å². The van der Waals surface area contributed by atoms with Crippen molar-refractivity contribution in [1.29, 1.82) is 0 Å². The molecule has 0 saturated carbocycles. The maximum atomic E-state index is 12.0. The number of carbonyl (C=O) groups excluding carboxylic acids is 1. The number of carbonyl (C=O) groups is 1. The van der Waals surface area contributed by atoms with Crippen molar-refractivity contribution in [3.63, 3.8) is 0 Å². The first-order valence-corrected chi connectivity index (χ1v) is 8.11. The van der Waals surface area contributed by atoms with Crippen LogP contribution in [0.3, 0.4) is 0 Å². The lowest BCUT2D eigenvalue weighted by molar-refractivity contribution is -0.117. The highest BCUT2D eigenvalue weighted by Crippen LogP contribution is 2.19. The van der Waals surface area contributed by atoms with Crippen molar-refractivity contribution in [3.05, 3.63) is 45.7 Å². The fourth-order valence-electron chi connectivity index (χ4n) is 1.93. The number of nitrogens with zero attached hydrogens (tertiary/aromatic N) is 3. The van der Waals surface area contributed by atoms with Crippen molar-refractivity contribution in [3.8, 4) is 11.5 Å². The molecule has 0 fully saturated rings. The summed E-state index contributed by atoms with van der Waals surface area (Å²) in [6.45, 7) is 3.91. The molecule has 2 heterocycles. The van der Waals surface area contributed by atoms with Gasteiger partial charge in [0.2, 0.25) is 11.8 Å². The topological polar surface area (TPSA) is 73.0 Å². The summed E-state index contributed by atoms with van der Waals surface area (Å²) in [4.78, 5) is 17.3. The van der Waals surface area contributed by atoms with Crippen molar-refractivity contribution < 1.29 is 9.21 Å². The van der Waals surface area contributed by atoms with E-state index in [9.17, 15) is 4.79 Å². The van der Waals surface area contributed by atoms with Crippen LogP contribution in [-0.4, -0.2) is 20.7 Å². The Morgan fingerprint density at radius 2 is 2.09 bits per heavy atom. The fourth-order valence-corrected chi connectivity index (χ4v) is 2.79. The van der Waals surface area contributed by atoms with Crippen molar-refractivity contribution >= 4 is 34.6 Å². The van der Waals surface area contributed by atoms with Gasteiger partial charge in [-0.3, -0.25) is 4.79 Å². The maximum absolute atomic E-state index is 12.0. The van der Waals surface area contributed by atoms with Crippen LogP contribution in [0.15, 0.2) is 34.9 Å². The van der Waals surface area contributed by atoms with Gasteiger partial charge >= 0.3 is 0 Å². The maximum Gasteiger partial charge on any atom is 0.287 e. The summed E-state index contributed by atoms with van der Waals surface area (Å²) in [6, 6.07) is 7.73. The Morgan fingerprint density at radius 1 is 1.35 bits per heavy atom. The van der Waals surface area contributed by atoms with Crippen molar-refractivity contribution in [2.75, 3.05) is 5.32 Å². The molecule has 0 spiro atoms. The van der Waals surface area contributed by atoms with E-state index in [-0.39, 0.29) is 17.3 Å². The molecule has 0 bridgehead atoms. The summed E-state index contributed by atoms with van der Waals surface area (Å²) >= 11 is 6.54. The van der Waals surface area contributed by atoms with Gasteiger partial charge in [-0.2, -0.15) is 0 Å². The van der Waals surface area contributed by atoms with E-state index in [0.29, 0.717) is 11.0 Å². The Morgan fingerprint density at radius 3 is 2.74 bits per heavy atom. The minimum absolute atomic E-state index is 0.0210. The van der Waals surface area contributed by atoms with Gasteiger partial charge in [-0.15, -0.1) is 16.4 Å². The number of nitrogens with one attached hydrogen (secondary N) is 1. The zero-order valence-electron chi connectivity index (χ0n) is 12.6. The van der Waals surface area contributed by atoms with Crippen molar-refractivity contribution in [2.45, 2.75) is 20.4 Å². The first-order chi connectivity index (χ1) is 11.0. The van der Waals surface area contributed by atoms with E-state index in [1.165, 1.54) is 16.0 Å². The summed E-state index contributed by atoms with van der Waals surface area (Å²) in [7, 11) is 0. The van der Waals surface area contributed by atoms with Crippen molar-refractivity contribution in [2.24, 2.45) is 0 Å². The second-order valence-electron chi connectivity index (χ2n) is 5.02. The van der Waals surface area contributed by atoms with Gasteiger partial charge in [0.1, 0.15) is 6.54 Å². The smallest absolute Gasteiger partial charge is 0.287 e. The lowest BCUT2D eigenvalue weighted by atomic mass is 10.1. The highest BCUT2D eigenvalue weighted by molar-refractivity contribution is 7.71. The van der Waals surface area contributed by atoms with E-state index in [4.69, 9.17) is 16.6 Å². The third-order valence-corrected chi connectivity index (χ3v) is 4.19. The molecule has 0 saturated heterocycles. The summed E-state index contributed by atoms with van der Waals surface area (Å²) in [6.07, 6.45) is 1.71. The zero-order valence-corrected chi connectivity index (χ0v) is 14.2.